The van der Waals surface area contributed by atoms with Gasteiger partial charge in [0.15, 0.2) is 0 Å². The Kier molecular flexibility index (Phi) is 2.34. The van der Waals surface area contributed by atoms with E-state index in [1.165, 1.54) is 0 Å². The zero-order chi connectivity index (χ0) is 9.47. The minimum absolute atomic E-state index is 0.331. The van der Waals surface area contributed by atoms with E-state index >= 15 is 0 Å². The van der Waals surface area contributed by atoms with Gasteiger partial charge in [0.2, 0.25) is 0 Å². The van der Waals surface area contributed by atoms with Crippen LogP contribution >= 0.6 is 0 Å². The van der Waals surface area contributed by atoms with Crippen molar-refractivity contribution in [1.29, 1.82) is 0 Å². The van der Waals surface area contributed by atoms with Crippen LogP contribution in [0.2, 0.25) is 0 Å². The third kappa shape index (κ3) is 1.60. The number of ether oxygens (including phenoxy) is 1. The number of nitrogens with one attached hydrogen (secondary N) is 1. The van der Waals surface area contributed by atoms with Crippen LogP contribution in [0.25, 0.3) is 0 Å². The maximum absolute atomic E-state index is 5.78. The Labute approximate surface area is 80.4 Å². The Bertz CT molecular complexity index is 191. The third-order valence-corrected chi connectivity index (χ3v) is 3.33. The summed E-state index contributed by atoms with van der Waals surface area (Å²) in [7, 11) is 2.22. The van der Waals surface area contributed by atoms with Gasteiger partial charge in [0.05, 0.1) is 12.7 Å². The van der Waals surface area contributed by atoms with Crippen LogP contribution in [0, 0.1) is 5.41 Å². The Morgan fingerprint density at radius 3 is 2.92 bits per heavy atom. The molecule has 2 aliphatic rings. The van der Waals surface area contributed by atoms with Crippen molar-refractivity contribution in [3.8, 4) is 0 Å². The van der Waals surface area contributed by atoms with Gasteiger partial charge in [-0.15, -0.1) is 0 Å². The molecule has 3 nitrogen and oxygen atoms in total. The molecular weight excluding hydrogens is 164 g/mol. The summed E-state index contributed by atoms with van der Waals surface area (Å²) in [6, 6.07) is 0.586. The van der Waals surface area contributed by atoms with E-state index in [0.717, 1.165) is 26.2 Å². The first-order valence-corrected chi connectivity index (χ1v) is 5.14. The Morgan fingerprint density at radius 2 is 2.23 bits per heavy atom. The van der Waals surface area contributed by atoms with Crippen LogP contribution < -0.4 is 5.32 Å². The van der Waals surface area contributed by atoms with E-state index in [-0.39, 0.29) is 0 Å². The fourth-order valence-electron chi connectivity index (χ4n) is 2.77. The average molecular weight is 184 g/mol. The lowest BCUT2D eigenvalue weighted by molar-refractivity contribution is -0.113. The largest absolute Gasteiger partial charge is 0.374 e. The third-order valence-electron chi connectivity index (χ3n) is 3.33. The second kappa shape index (κ2) is 3.23. The van der Waals surface area contributed by atoms with Gasteiger partial charge in [-0.05, 0) is 12.5 Å². The molecule has 0 aromatic rings. The lowest BCUT2D eigenvalue weighted by Crippen LogP contribution is -2.65. The van der Waals surface area contributed by atoms with E-state index in [0.29, 0.717) is 17.6 Å². The highest BCUT2D eigenvalue weighted by Crippen LogP contribution is 2.32. The molecule has 0 amide bonds. The van der Waals surface area contributed by atoms with E-state index in [9.17, 15) is 0 Å². The number of nitrogens with zero attached hydrogens (tertiary/aromatic N) is 1. The molecule has 2 heterocycles. The van der Waals surface area contributed by atoms with Gasteiger partial charge in [-0.2, -0.15) is 0 Å². The molecule has 2 fully saturated rings. The summed E-state index contributed by atoms with van der Waals surface area (Å²) < 4.78 is 5.78. The molecule has 0 bridgehead atoms. The quantitative estimate of drug-likeness (QED) is 0.586. The van der Waals surface area contributed by atoms with Crippen LogP contribution in [0.1, 0.15) is 13.8 Å². The zero-order valence-electron chi connectivity index (χ0n) is 8.84. The van der Waals surface area contributed by atoms with Gasteiger partial charge < -0.3 is 10.1 Å². The lowest BCUT2D eigenvalue weighted by Gasteiger charge is -2.51. The molecule has 3 heteroatoms. The lowest BCUT2D eigenvalue weighted by atomic mass is 9.77. The van der Waals surface area contributed by atoms with Crippen molar-refractivity contribution < 1.29 is 4.74 Å². The predicted octanol–water partition coefficient (Wildman–Crippen LogP) is 0.315. The maximum Gasteiger partial charge on any atom is 0.0860 e. The molecule has 0 spiro atoms. The van der Waals surface area contributed by atoms with Crippen LogP contribution in [0.3, 0.4) is 0 Å². The second-order valence-electron chi connectivity index (χ2n) is 4.95. The Hall–Kier alpha value is -0.120. The number of fused-ring (bicyclic) bond motifs is 1. The highest BCUT2D eigenvalue weighted by atomic mass is 16.5. The molecule has 0 aliphatic carbocycles. The summed E-state index contributed by atoms with van der Waals surface area (Å²) in [6.45, 7) is 8.71. The van der Waals surface area contributed by atoms with Gasteiger partial charge in [-0.1, -0.05) is 13.8 Å². The molecule has 2 saturated heterocycles. The van der Waals surface area contributed by atoms with Crippen LogP contribution in [0.5, 0.6) is 0 Å². The van der Waals surface area contributed by atoms with Crippen molar-refractivity contribution in [3.63, 3.8) is 0 Å². The van der Waals surface area contributed by atoms with Crippen molar-refractivity contribution in [1.82, 2.24) is 10.2 Å². The summed E-state index contributed by atoms with van der Waals surface area (Å²) in [4.78, 5) is 2.45. The normalized spacial score (nSPS) is 39.9. The second-order valence-corrected chi connectivity index (χ2v) is 4.95. The highest BCUT2D eigenvalue weighted by Gasteiger charge is 2.43. The number of rotatable bonds is 0. The molecule has 13 heavy (non-hydrogen) atoms. The van der Waals surface area contributed by atoms with Gasteiger partial charge in [0, 0.05) is 25.7 Å². The van der Waals surface area contributed by atoms with Gasteiger partial charge in [-0.3, -0.25) is 4.90 Å². The highest BCUT2D eigenvalue weighted by molar-refractivity contribution is 4.98. The van der Waals surface area contributed by atoms with Gasteiger partial charge in [-0.25, -0.2) is 0 Å². The summed E-state index contributed by atoms with van der Waals surface area (Å²) in [5, 5.41) is 3.44. The Balaban J connectivity index is 2.17. The van der Waals surface area contributed by atoms with E-state index in [1.807, 2.05) is 0 Å². The minimum atomic E-state index is 0.331. The monoisotopic (exact) mass is 184 g/mol. The first-order chi connectivity index (χ1) is 6.11. The average Bonchev–Trinajstić information content (AvgIpc) is 2.02. The summed E-state index contributed by atoms with van der Waals surface area (Å²) in [5.74, 6) is 0. The first kappa shape index (κ1) is 9.44. The molecular formula is C10H20N2O. The topological polar surface area (TPSA) is 24.5 Å². The fourth-order valence-corrected chi connectivity index (χ4v) is 2.77. The van der Waals surface area contributed by atoms with Gasteiger partial charge in [0.25, 0.3) is 0 Å². The molecule has 0 aromatic carbocycles. The van der Waals surface area contributed by atoms with Crippen molar-refractivity contribution >= 4 is 0 Å². The van der Waals surface area contributed by atoms with Crippen LogP contribution in [-0.4, -0.2) is 50.3 Å². The van der Waals surface area contributed by atoms with E-state index in [1.54, 1.807) is 0 Å². The molecule has 2 unspecified atom stereocenters. The van der Waals surface area contributed by atoms with E-state index < -0.39 is 0 Å². The SMILES string of the molecule is CN1CCOC2CNCC(C)(C)C21. The minimum Gasteiger partial charge on any atom is -0.374 e. The molecule has 0 radical (unpaired) electrons. The van der Waals surface area contributed by atoms with Gasteiger partial charge in [0.1, 0.15) is 0 Å². The molecule has 2 atom stereocenters. The van der Waals surface area contributed by atoms with Crippen LogP contribution in [0.4, 0.5) is 0 Å². The van der Waals surface area contributed by atoms with Crippen molar-refractivity contribution in [2.24, 2.45) is 5.41 Å². The summed E-state index contributed by atoms with van der Waals surface area (Å²) in [5.41, 5.74) is 0.331. The molecule has 2 rings (SSSR count). The van der Waals surface area contributed by atoms with Crippen LogP contribution in [0.15, 0.2) is 0 Å². The number of hydrogen-bond acceptors (Lipinski definition) is 3. The summed E-state index contributed by atoms with van der Waals surface area (Å²) in [6.07, 6.45) is 0.391. The van der Waals surface area contributed by atoms with Crippen LogP contribution in [-0.2, 0) is 4.74 Å². The number of piperidine rings is 1. The number of hydrogen-bond donors (Lipinski definition) is 1. The smallest absolute Gasteiger partial charge is 0.0860 e. The molecule has 2 aliphatic heterocycles. The maximum atomic E-state index is 5.78. The van der Waals surface area contributed by atoms with Crippen molar-refractivity contribution in [2.45, 2.75) is 26.0 Å². The van der Waals surface area contributed by atoms with E-state index in [2.05, 4.69) is 31.1 Å². The zero-order valence-corrected chi connectivity index (χ0v) is 8.84. The number of morpholine rings is 1. The first-order valence-electron chi connectivity index (χ1n) is 5.14. The predicted molar refractivity (Wildman–Crippen MR) is 52.8 cm³/mol. The Morgan fingerprint density at radius 1 is 1.46 bits per heavy atom. The standard InChI is InChI=1S/C10H20N2O/c1-10(2)7-11-6-8-9(10)12(3)4-5-13-8/h8-9,11H,4-7H2,1-3H3. The van der Waals surface area contributed by atoms with E-state index in [4.69, 9.17) is 4.74 Å². The number of likely N-dealkylation sites (N-methyl/N-ethyl adjacent to an activating group) is 1. The molecule has 0 aromatic heterocycles. The molecule has 76 valence electrons. The molecule has 0 saturated carbocycles. The summed E-state index contributed by atoms with van der Waals surface area (Å²) >= 11 is 0. The van der Waals surface area contributed by atoms with Crippen molar-refractivity contribution in [3.05, 3.63) is 0 Å². The van der Waals surface area contributed by atoms with Gasteiger partial charge >= 0.3 is 0 Å². The van der Waals surface area contributed by atoms with Crippen molar-refractivity contribution in [2.75, 3.05) is 33.3 Å². The fraction of sp³-hybridized carbons (Fsp3) is 1.00. The molecule has 1 N–H and O–H groups in total.